The number of rotatable bonds is 4. The molecular formula is C11H11NO4. The van der Waals surface area contributed by atoms with Crippen molar-refractivity contribution >= 4 is 17.7 Å². The summed E-state index contributed by atoms with van der Waals surface area (Å²) in [5, 5.41) is 10.9. The number of carboxylic acids is 1. The smallest absolute Gasteiger partial charge is 0.334 e. The van der Waals surface area contributed by atoms with Gasteiger partial charge < -0.3 is 10.4 Å². The average molecular weight is 221 g/mol. The fourth-order valence-corrected chi connectivity index (χ4v) is 1.21. The minimum atomic E-state index is -1.53. The van der Waals surface area contributed by atoms with Gasteiger partial charge in [-0.2, -0.15) is 0 Å². The summed E-state index contributed by atoms with van der Waals surface area (Å²) >= 11 is 0. The fraction of sp³-hybridized carbons (Fsp3) is 0.182. The predicted molar refractivity (Wildman–Crippen MR) is 56.0 cm³/mol. The lowest BCUT2D eigenvalue weighted by Gasteiger charge is -2.11. The molecule has 1 amide bonds. The maximum Gasteiger partial charge on any atom is 0.334 e. The third-order valence-electron chi connectivity index (χ3n) is 1.92. The Hall–Kier alpha value is -2.17. The molecule has 0 spiro atoms. The van der Waals surface area contributed by atoms with E-state index in [1.807, 2.05) is 0 Å². The Morgan fingerprint density at radius 1 is 1.19 bits per heavy atom. The molecule has 1 rings (SSSR count). The van der Waals surface area contributed by atoms with Crippen molar-refractivity contribution in [2.45, 2.75) is 13.0 Å². The molecule has 0 aliphatic heterocycles. The lowest BCUT2D eigenvalue weighted by atomic mass is 10.0. The molecule has 1 aromatic carbocycles. The molecule has 0 heterocycles. The zero-order valence-electron chi connectivity index (χ0n) is 8.64. The van der Waals surface area contributed by atoms with Crippen molar-refractivity contribution in [3.8, 4) is 0 Å². The van der Waals surface area contributed by atoms with Gasteiger partial charge in [0, 0.05) is 12.5 Å². The molecule has 0 bridgehead atoms. The highest BCUT2D eigenvalue weighted by atomic mass is 16.4. The largest absolute Gasteiger partial charge is 0.479 e. The SMILES string of the molecule is CC(=O)NC(C(=O)O)C(=O)c1ccccc1. The van der Waals surface area contributed by atoms with Crippen molar-refractivity contribution in [1.29, 1.82) is 0 Å². The van der Waals surface area contributed by atoms with Gasteiger partial charge in [0.15, 0.2) is 11.8 Å². The minimum Gasteiger partial charge on any atom is -0.479 e. The van der Waals surface area contributed by atoms with E-state index >= 15 is 0 Å². The van der Waals surface area contributed by atoms with Gasteiger partial charge >= 0.3 is 5.97 Å². The first-order chi connectivity index (χ1) is 7.52. The standard InChI is InChI=1S/C11H11NO4/c1-7(13)12-9(11(15)16)10(14)8-5-3-2-4-6-8/h2-6,9H,1H3,(H,12,13)(H,15,16). The van der Waals surface area contributed by atoms with Crippen molar-refractivity contribution in [3.05, 3.63) is 35.9 Å². The summed E-state index contributed by atoms with van der Waals surface area (Å²) in [6.07, 6.45) is 0. The van der Waals surface area contributed by atoms with Crippen LogP contribution in [0.4, 0.5) is 0 Å². The van der Waals surface area contributed by atoms with E-state index < -0.39 is 23.7 Å². The third-order valence-corrected chi connectivity index (χ3v) is 1.92. The maximum atomic E-state index is 11.7. The number of hydrogen-bond donors (Lipinski definition) is 2. The molecule has 2 N–H and O–H groups in total. The van der Waals surface area contributed by atoms with Crippen molar-refractivity contribution < 1.29 is 19.5 Å². The Morgan fingerprint density at radius 2 is 1.75 bits per heavy atom. The number of aliphatic carboxylic acids is 1. The van der Waals surface area contributed by atoms with E-state index in [4.69, 9.17) is 5.11 Å². The number of carbonyl (C=O) groups is 3. The quantitative estimate of drug-likeness (QED) is 0.571. The van der Waals surface area contributed by atoms with Gasteiger partial charge in [0.2, 0.25) is 5.91 Å². The summed E-state index contributed by atoms with van der Waals surface area (Å²) in [6, 6.07) is 6.44. The Bertz CT molecular complexity index is 413. The second kappa shape index (κ2) is 5.06. The van der Waals surface area contributed by atoms with Crippen LogP contribution in [0.2, 0.25) is 0 Å². The van der Waals surface area contributed by atoms with Crippen LogP contribution in [-0.2, 0) is 9.59 Å². The van der Waals surface area contributed by atoms with E-state index in [-0.39, 0.29) is 5.56 Å². The van der Waals surface area contributed by atoms with Gasteiger partial charge in [-0.1, -0.05) is 30.3 Å². The molecule has 5 heteroatoms. The zero-order chi connectivity index (χ0) is 12.1. The summed E-state index contributed by atoms with van der Waals surface area (Å²) in [7, 11) is 0. The van der Waals surface area contributed by atoms with Crippen LogP contribution in [0.5, 0.6) is 0 Å². The Labute approximate surface area is 92.1 Å². The van der Waals surface area contributed by atoms with Crippen LogP contribution in [-0.4, -0.2) is 28.8 Å². The lowest BCUT2D eigenvalue weighted by molar-refractivity contribution is -0.140. The molecule has 1 unspecified atom stereocenters. The molecule has 1 atom stereocenters. The van der Waals surface area contributed by atoms with Crippen molar-refractivity contribution in [2.24, 2.45) is 0 Å². The molecule has 0 aliphatic carbocycles. The summed E-state index contributed by atoms with van der Waals surface area (Å²) in [4.78, 5) is 33.3. The molecule has 0 aromatic heterocycles. The number of benzene rings is 1. The number of amides is 1. The molecule has 0 fully saturated rings. The van der Waals surface area contributed by atoms with E-state index in [9.17, 15) is 14.4 Å². The number of ketones is 1. The summed E-state index contributed by atoms with van der Waals surface area (Å²) < 4.78 is 0. The molecule has 0 saturated heterocycles. The maximum absolute atomic E-state index is 11.7. The first-order valence-electron chi connectivity index (χ1n) is 4.61. The van der Waals surface area contributed by atoms with E-state index in [0.717, 1.165) is 6.92 Å². The van der Waals surface area contributed by atoms with E-state index in [0.29, 0.717) is 0 Å². The molecule has 1 aromatic rings. The van der Waals surface area contributed by atoms with Crippen molar-refractivity contribution in [2.75, 3.05) is 0 Å². The number of hydrogen-bond acceptors (Lipinski definition) is 3. The lowest BCUT2D eigenvalue weighted by Crippen LogP contribution is -2.45. The molecule has 0 radical (unpaired) electrons. The predicted octanol–water partition coefficient (Wildman–Crippen LogP) is 0.459. The average Bonchev–Trinajstić information content (AvgIpc) is 2.25. The van der Waals surface area contributed by atoms with Crippen LogP contribution in [0.3, 0.4) is 0 Å². The summed E-state index contributed by atoms with van der Waals surface area (Å²) in [5.74, 6) is -2.57. The van der Waals surface area contributed by atoms with Crippen LogP contribution in [0.1, 0.15) is 17.3 Å². The van der Waals surface area contributed by atoms with Crippen LogP contribution >= 0.6 is 0 Å². The van der Waals surface area contributed by atoms with Gasteiger partial charge in [0.05, 0.1) is 0 Å². The van der Waals surface area contributed by atoms with E-state index in [1.165, 1.54) is 12.1 Å². The van der Waals surface area contributed by atoms with Gasteiger partial charge in [0.1, 0.15) is 0 Å². The van der Waals surface area contributed by atoms with Crippen molar-refractivity contribution in [3.63, 3.8) is 0 Å². The van der Waals surface area contributed by atoms with Gasteiger partial charge in [-0.3, -0.25) is 9.59 Å². The Kier molecular flexibility index (Phi) is 3.77. The summed E-state index contributed by atoms with van der Waals surface area (Å²) in [5.41, 5.74) is 0.253. The number of nitrogens with one attached hydrogen (secondary N) is 1. The number of carbonyl (C=O) groups excluding carboxylic acids is 2. The molecule has 0 aliphatic rings. The van der Waals surface area contributed by atoms with Gasteiger partial charge in [-0.25, -0.2) is 4.79 Å². The zero-order valence-corrected chi connectivity index (χ0v) is 8.64. The highest BCUT2D eigenvalue weighted by Gasteiger charge is 2.27. The topological polar surface area (TPSA) is 83.5 Å². The van der Waals surface area contributed by atoms with Gasteiger partial charge in [0.25, 0.3) is 0 Å². The van der Waals surface area contributed by atoms with Crippen LogP contribution in [0, 0.1) is 0 Å². The molecular weight excluding hydrogens is 210 g/mol. The van der Waals surface area contributed by atoms with Crippen LogP contribution in [0.25, 0.3) is 0 Å². The highest BCUT2D eigenvalue weighted by molar-refractivity contribution is 6.13. The Morgan fingerprint density at radius 3 is 2.19 bits per heavy atom. The molecule has 16 heavy (non-hydrogen) atoms. The van der Waals surface area contributed by atoms with Crippen LogP contribution < -0.4 is 5.32 Å². The number of carboxylic acid groups (broad SMARTS) is 1. The van der Waals surface area contributed by atoms with E-state index in [2.05, 4.69) is 5.32 Å². The molecule has 0 saturated carbocycles. The van der Waals surface area contributed by atoms with Crippen molar-refractivity contribution in [1.82, 2.24) is 5.32 Å². The van der Waals surface area contributed by atoms with E-state index in [1.54, 1.807) is 18.2 Å². The molecule has 84 valence electrons. The monoisotopic (exact) mass is 221 g/mol. The highest BCUT2D eigenvalue weighted by Crippen LogP contribution is 2.03. The second-order valence-corrected chi connectivity index (χ2v) is 3.20. The van der Waals surface area contributed by atoms with Crippen LogP contribution in [0.15, 0.2) is 30.3 Å². The molecule has 5 nitrogen and oxygen atoms in total. The normalized spacial score (nSPS) is 11.6. The van der Waals surface area contributed by atoms with Gasteiger partial charge in [-0.15, -0.1) is 0 Å². The third kappa shape index (κ3) is 2.91. The number of Topliss-reactive ketones (excluding diaryl/α,β-unsaturated/α-hetero) is 1. The van der Waals surface area contributed by atoms with Gasteiger partial charge in [-0.05, 0) is 0 Å². The minimum absolute atomic E-state index is 0.253. The first kappa shape index (κ1) is 11.9. The fourth-order valence-electron chi connectivity index (χ4n) is 1.21. The first-order valence-corrected chi connectivity index (χ1v) is 4.61. The summed E-state index contributed by atoms with van der Waals surface area (Å²) in [6.45, 7) is 1.16. The Balaban J connectivity index is 2.92. The second-order valence-electron chi connectivity index (χ2n) is 3.20.